The Hall–Kier alpha value is -3.33. The largest absolute Gasteiger partial charge is 0.461 e. The van der Waals surface area contributed by atoms with E-state index < -0.39 is 5.97 Å². The van der Waals surface area contributed by atoms with E-state index in [0.29, 0.717) is 11.4 Å². The maximum Gasteiger partial charge on any atom is 0.369 e. The Bertz CT molecular complexity index is 719. The number of nitrogens with zero attached hydrogens (tertiary/aromatic N) is 2. The van der Waals surface area contributed by atoms with E-state index in [4.69, 9.17) is 14.7 Å². The monoisotopic (exact) mass is 309 g/mol. The maximum absolute atomic E-state index is 11.4. The Balaban J connectivity index is 2.00. The molecule has 0 aliphatic rings. The van der Waals surface area contributed by atoms with Crippen molar-refractivity contribution in [1.82, 2.24) is 0 Å². The van der Waals surface area contributed by atoms with Gasteiger partial charge in [-0.25, -0.2) is 4.79 Å². The van der Waals surface area contributed by atoms with Crippen molar-refractivity contribution in [2.45, 2.75) is 6.92 Å². The van der Waals surface area contributed by atoms with Gasteiger partial charge in [-0.2, -0.15) is 10.4 Å². The molecule has 0 aromatic heterocycles. The molecule has 0 spiro atoms. The van der Waals surface area contributed by atoms with Gasteiger partial charge in [0.15, 0.2) is 0 Å². The molecule has 2 rings (SSSR count). The Morgan fingerprint density at radius 3 is 2.39 bits per heavy atom. The first-order valence-corrected chi connectivity index (χ1v) is 6.97. The number of esters is 1. The van der Waals surface area contributed by atoms with Gasteiger partial charge in [-0.05, 0) is 43.3 Å². The van der Waals surface area contributed by atoms with Crippen LogP contribution in [-0.2, 0) is 9.53 Å². The molecular weight excluding hydrogens is 294 g/mol. The second-order valence-electron chi connectivity index (χ2n) is 4.34. The fourth-order valence-corrected chi connectivity index (χ4v) is 1.66. The molecule has 0 heterocycles. The first-order valence-electron chi connectivity index (χ1n) is 6.97. The number of para-hydroxylation sites is 1. The average molecular weight is 309 g/mol. The molecule has 0 atom stereocenters. The van der Waals surface area contributed by atoms with Gasteiger partial charge in [0.25, 0.3) is 0 Å². The molecule has 0 aliphatic carbocycles. The lowest BCUT2D eigenvalue weighted by Crippen LogP contribution is -2.17. The number of hydrogen-bond acceptors (Lipinski definition) is 6. The van der Waals surface area contributed by atoms with Crippen molar-refractivity contribution in [1.29, 1.82) is 5.26 Å². The van der Waals surface area contributed by atoms with Crippen LogP contribution in [0.1, 0.15) is 6.92 Å². The summed E-state index contributed by atoms with van der Waals surface area (Å²) in [6.07, 6.45) is 0. The Morgan fingerprint density at radius 1 is 1.13 bits per heavy atom. The zero-order chi connectivity index (χ0) is 16.5. The number of ether oxygens (including phenoxy) is 2. The van der Waals surface area contributed by atoms with Gasteiger partial charge in [0, 0.05) is 0 Å². The van der Waals surface area contributed by atoms with E-state index >= 15 is 0 Å². The lowest BCUT2D eigenvalue weighted by atomic mass is 10.3. The van der Waals surface area contributed by atoms with Gasteiger partial charge >= 0.3 is 5.97 Å². The van der Waals surface area contributed by atoms with Crippen molar-refractivity contribution >= 4 is 17.4 Å². The summed E-state index contributed by atoms with van der Waals surface area (Å²) >= 11 is 0. The minimum Gasteiger partial charge on any atom is -0.461 e. The highest BCUT2D eigenvalue weighted by molar-refractivity contribution is 6.43. The van der Waals surface area contributed by atoms with E-state index in [0.717, 1.165) is 5.75 Å². The van der Waals surface area contributed by atoms with Crippen molar-refractivity contribution < 1.29 is 14.3 Å². The highest BCUT2D eigenvalue weighted by Gasteiger charge is 2.11. The Morgan fingerprint density at radius 2 is 1.78 bits per heavy atom. The molecule has 6 nitrogen and oxygen atoms in total. The summed E-state index contributed by atoms with van der Waals surface area (Å²) in [4.78, 5) is 11.4. The number of hydrogen-bond donors (Lipinski definition) is 1. The minimum atomic E-state index is -0.758. The van der Waals surface area contributed by atoms with Gasteiger partial charge in [-0.3, -0.25) is 5.43 Å². The van der Waals surface area contributed by atoms with E-state index in [9.17, 15) is 4.79 Å². The topological polar surface area (TPSA) is 83.7 Å². The van der Waals surface area contributed by atoms with Crippen LogP contribution in [0.2, 0.25) is 0 Å². The molecule has 0 aliphatic heterocycles. The first kappa shape index (κ1) is 16.0. The van der Waals surface area contributed by atoms with E-state index in [1.807, 2.05) is 30.3 Å². The number of carbonyl (C=O) groups excluding carboxylic acids is 1. The molecule has 2 aromatic carbocycles. The molecule has 1 N–H and O–H groups in total. The SMILES string of the molecule is CCOC(=O)C(C#N)=NNc1ccc(Oc2ccccc2)cc1. The summed E-state index contributed by atoms with van der Waals surface area (Å²) < 4.78 is 10.4. The van der Waals surface area contributed by atoms with Crippen LogP contribution < -0.4 is 10.2 Å². The highest BCUT2D eigenvalue weighted by Crippen LogP contribution is 2.22. The van der Waals surface area contributed by atoms with Gasteiger partial charge in [0.2, 0.25) is 5.71 Å². The third-order valence-corrected chi connectivity index (χ3v) is 2.70. The van der Waals surface area contributed by atoms with Crippen LogP contribution >= 0.6 is 0 Å². The summed E-state index contributed by atoms with van der Waals surface area (Å²) in [6.45, 7) is 1.84. The predicted molar refractivity (Wildman–Crippen MR) is 86.3 cm³/mol. The standard InChI is InChI=1S/C17H15N3O3/c1-2-22-17(21)16(12-18)20-19-13-8-10-15(11-9-13)23-14-6-4-3-5-7-14/h3-11,19H,2H2,1H3. The van der Waals surface area contributed by atoms with E-state index in [-0.39, 0.29) is 12.3 Å². The summed E-state index contributed by atoms with van der Waals surface area (Å²) in [7, 11) is 0. The van der Waals surface area contributed by atoms with Crippen LogP contribution in [0.15, 0.2) is 59.7 Å². The van der Waals surface area contributed by atoms with E-state index in [1.54, 1.807) is 37.3 Å². The molecule has 2 aromatic rings. The van der Waals surface area contributed by atoms with E-state index in [2.05, 4.69) is 10.5 Å². The molecule has 23 heavy (non-hydrogen) atoms. The molecule has 0 radical (unpaired) electrons. The molecule has 116 valence electrons. The van der Waals surface area contributed by atoms with Gasteiger partial charge < -0.3 is 9.47 Å². The minimum absolute atomic E-state index is 0.186. The van der Waals surface area contributed by atoms with Crippen molar-refractivity contribution in [2.24, 2.45) is 5.10 Å². The molecule has 0 fully saturated rings. The second-order valence-corrected chi connectivity index (χ2v) is 4.34. The lowest BCUT2D eigenvalue weighted by molar-refractivity contribution is -0.134. The first-order chi connectivity index (χ1) is 11.2. The van der Waals surface area contributed by atoms with Crippen molar-refractivity contribution in [2.75, 3.05) is 12.0 Å². The number of nitrogens with one attached hydrogen (secondary N) is 1. The zero-order valence-electron chi connectivity index (χ0n) is 12.5. The van der Waals surface area contributed by atoms with Crippen LogP contribution in [-0.4, -0.2) is 18.3 Å². The average Bonchev–Trinajstić information content (AvgIpc) is 2.58. The van der Waals surface area contributed by atoms with Gasteiger partial charge in [-0.1, -0.05) is 18.2 Å². The quantitative estimate of drug-likeness (QED) is 0.502. The third-order valence-electron chi connectivity index (χ3n) is 2.70. The smallest absolute Gasteiger partial charge is 0.369 e. The molecular formula is C17H15N3O3. The Labute approximate surface area is 134 Å². The molecule has 0 saturated heterocycles. The third kappa shape index (κ3) is 4.86. The maximum atomic E-state index is 11.4. The van der Waals surface area contributed by atoms with Crippen LogP contribution in [0.5, 0.6) is 11.5 Å². The van der Waals surface area contributed by atoms with Crippen LogP contribution in [0, 0.1) is 11.3 Å². The molecule has 0 saturated carbocycles. The number of carbonyl (C=O) groups is 1. The summed E-state index contributed by atoms with van der Waals surface area (Å²) in [5.41, 5.74) is 2.91. The molecule has 6 heteroatoms. The molecule has 0 unspecified atom stereocenters. The fraction of sp³-hybridized carbons (Fsp3) is 0.118. The van der Waals surface area contributed by atoms with Crippen molar-refractivity contribution in [3.63, 3.8) is 0 Å². The predicted octanol–water partition coefficient (Wildman–Crippen LogP) is 3.33. The fourth-order valence-electron chi connectivity index (χ4n) is 1.66. The second kappa shape index (κ2) is 8.20. The van der Waals surface area contributed by atoms with Crippen molar-refractivity contribution in [3.8, 4) is 17.6 Å². The van der Waals surface area contributed by atoms with Crippen LogP contribution in [0.4, 0.5) is 5.69 Å². The normalized spacial score (nSPS) is 10.5. The number of rotatable bonds is 6. The molecule has 0 bridgehead atoms. The zero-order valence-corrected chi connectivity index (χ0v) is 12.5. The van der Waals surface area contributed by atoms with Crippen molar-refractivity contribution in [3.05, 3.63) is 54.6 Å². The number of anilines is 1. The number of hydrazone groups is 1. The lowest BCUT2D eigenvalue weighted by Gasteiger charge is -2.06. The molecule has 0 amide bonds. The number of nitriles is 1. The summed E-state index contributed by atoms with van der Waals surface area (Å²) in [6, 6.07) is 18.0. The van der Waals surface area contributed by atoms with Gasteiger partial charge in [-0.15, -0.1) is 0 Å². The van der Waals surface area contributed by atoms with Crippen LogP contribution in [0.25, 0.3) is 0 Å². The highest BCUT2D eigenvalue weighted by atomic mass is 16.5. The van der Waals surface area contributed by atoms with Crippen LogP contribution in [0.3, 0.4) is 0 Å². The van der Waals surface area contributed by atoms with Gasteiger partial charge in [0.1, 0.15) is 17.6 Å². The van der Waals surface area contributed by atoms with E-state index in [1.165, 1.54) is 0 Å². The Kier molecular flexibility index (Phi) is 5.72. The summed E-state index contributed by atoms with van der Waals surface area (Å²) in [5, 5.41) is 12.6. The summed E-state index contributed by atoms with van der Waals surface area (Å²) in [5.74, 6) is 0.642. The number of benzene rings is 2. The van der Waals surface area contributed by atoms with Gasteiger partial charge in [0.05, 0.1) is 12.3 Å².